The van der Waals surface area contributed by atoms with Crippen molar-refractivity contribution in [1.29, 1.82) is 0 Å². The fraction of sp³-hybridized carbons (Fsp3) is 0.0833. The van der Waals surface area contributed by atoms with Crippen LogP contribution in [0, 0.1) is 0 Å². The highest BCUT2D eigenvalue weighted by atomic mass is 16.4. The molecule has 6 nitrogen and oxygen atoms in total. The number of hydrogen-bond acceptors (Lipinski definition) is 6. The predicted molar refractivity (Wildman–Crippen MR) is 109 cm³/mol. The van der Waals surface area contributed by atoms with E-state index in [-0.39, 0.29) is 17.8 Å². The summed E-state index contributed by atoms with van der Waals surface area (Å²) < 4.78 is 5.60. The van der Waals surface area contributed by atoms with Crippen LogP contribution in [-0.4, -0.2) is 21.9 Å². The number of nitrogens with zero attached hydrogens (tertiary/aromatic N) is 2. The number of hydrogen-bond donors (Lipinski definition) is 0. The molecule has 0 radical (unpaired) electrons. The highest BCUT2D eigenvalue weighted by Gasteiger charge is 2.14. The molecule has 0 saturated heterocycles. The molecular formula is C24H18N2O4. The van der Waals surface area contributed by atoms with Crippen molar-refractivity contribution in [1.82, 2.24) is 9.97 Å². The molecule has 0 N–H and O–H groups in total. The van der Waals surface area contributed by atoms with Gasteiger partial charge in [0.1, 0.15) is 0 Å². The Hall–Kier alpha value is -4.15. The first-order valence-electron chi connectivity index (χ1n) is 9.24. The Morgan fingerprint density at radius 1 is 0.833 bits per heavy atom. The van der Waals surface area contributed by atoms with E-state index in [2.05, 4.69) is 46.4 Å². The van der Waals surface area contributed by atoms with Gasteiger partial charge in [-0.1, -0.05) is 54.6 Å². The number of carbonyl (C=O) groups excluding carboxylic acids is 3. The molecule has 0 aliphatic carbocycles. The fourth-order valence-corrected chi connectivity index (χ4v) is 2.90. The highest BCUT2D eigenvalue weighted by Crippen LogP contribution is 2.21. The van der Waals surface area contributed by atoms with Crippen molar-refractivity contribution >= 4 is 11.9 Å². The Labute approximate surface area is 173 Å². The normalized spacial score (nSPS) is 9.87. The average molecular weight is 398 g/mol. The summed E-state index contributed by atoms with van der Waals surface area (Å²) in [6, 6.07) is 22.2. The van der Waals surface area contributed by atoms with Gasteiger partial charge in [0.15, 0.2) is 5.76 Å². The molecule has 148 valence electrons. The Bertz CT molecular complexity index is 1110. The fourth-order valence-electron chi connectivity index (χ4n) is 2.90. The molecule has 0 aliphatic heterocycles. The summed E-state index contributed by atoms with van der Waals surface area (Å²) in [6.07, 6.45) is 6.20. The summed E-state index contributed by atoms with van der Waals surface area (Å²) in [5, 5.41) is 0. The number of rotatable bonds is 6. The minimum absolute atomic E-state index is 0.0997. The largest absolute Gasteiger partial charge is 0.434 e. The zero-order chi connectivity index (χ0) is 21.2. The quantitative estimate of drug-likeness (QED) is 0.440. The van der Waals surface area contributed by atoms with E-state index in [0.717, 1.165) is 11.1 Å². The molecule has 0 fully saturated rings. The van der Waals surface area contributed by atoms with Gasteiger partial charge >= 0.3 is 6.15 Å². The standard InChI is InChI=1S/C23H18N2O2.CO2/c26-21(23-25-16-22(27-23)20-7-4-14-24-15-20)13-10-17-8-11-19(12-9-17)18-5-2-1-3-6-18;2-1-3/h1-9,11-12,14-16H,10,13H2;. The van der Waals surface area contributed by atoms with Crippen LogP contribution in [0.5, 0.6) is 0 Å². The van der Waals surface area contributed by atoms with E-state index in [0.29, 0.717) is 18.6 Å². The van der Waals surface area contributed by atoms with Crippen LogP contribution in [0.4, 0.5) is 0 Å². The Kier molecular flexibility index (Phi) is 7.14. The van der Waals surface area contributed by atoms with Crippen molar-refractivity contribution in [2.75, 3.05) is 0 Å². The third kappa shape index (κ3) is 5.44. The second kappa shape index (κ2) is 10.4. The molecule has 6 heteroatoms. The molecule has 0 atom stereocenters. The van der Waals surface area contributed by atoms with Gasteiger partial charge in [0.05, 0.1) is 6.20 Å². The molecule has 2 aromatic carbocycles. The highest BCUT2D eigenvalue weighted by molar-refractivity contribution is 5.92. The molecule has 0 spiro atoms. The Morgan fingerprint density at radius 2 is 1.50 bits per heavy atom. The van der Waals surface area contributed by atoms with Crippen molar-refractivity contribution in [2.24, 2.45) is 0 Å². The van der Waals surface area contributed by atoms with Crippen LogP contribution in [-0.2, 0) is 16.0 Å². The lowest BCUT2D eigenvalue weighted by molar-refractivity contribution is -0.191. The third-order valence-corrected chi connectivity index (χ3v) is 4.39. The Balaban J connectivity index is 0.000000806. The van der Waals surface area contributed by atoms with Crippen molar-refractivity contribution in [3.05, 3.63) is 96.8 Å². The van der Waals surface area contributed by atoms with E-state index in [9.17, 15) is 4.79 Å². The molecule has 0 unspecified atom stereocenters. The lowest BCUT2D eigenvalue weighted by atomic mass is 10.0. The first kappa shape index (κ1) is 20.6. The van der Waals surface area contributed by atoms with E-state index < -0.39 is 0 Å². The molecule has 4 aromatic rings. The maximum atomic E-state index is 12.4. The van der Waals surface area contributed by atoms with Gasteiger partial charge in [-0.2, -0.15) is 9.59 Å². The van der Waals surface area contributed by atoms with Gasteiger partial charge in [0, 0.05) is 24.4 Å². The summed E-state index contributed by atoms with van der Waals surface area (Å²) in [5.74, 6) is 0.602. The summed E-state index contributed by atoms with van der Waals surface area (Å²) >= 11 is 0. The molecule has 0 amide bonds. The first-order chi connectivity index (χ1) is 14.7. The zero-order valence-electron chi connectivity index (χ0n) is 16.0. The zero-order valence-corrected chi connectivity index (χ0v) is 16.0. The minimum Gasteiger partial charge on any atom is -0.434 e. The molecule has 30 heavy (non-hydrogen) atoms. The lowest BCUT2D eigenvalue weighted by Crippen LogP contribution is -2.01. The van der Waals surface area contributed by atoms with Crippen molar-refractivity contribution in [3.8, 4) is 22.5 Å². The van der Waals surface area contributed by atoms with Crippen LogP contribution in [0.2, 0.25) is 0 Å². The smallest absolute Gasteiger partial charge is 0.373 e. The molecule has 4 rings (SSSR count). The minimum atomic E-state index is -0.0997. The van der Waals surface area contributed by atoms with Gasteiger partial charge in [-0.15, -0.1) is 0 Å². The summed E-state index contributed by atoms with van der Waals surface area (Å²) in [7, 11) is 0. The van der Waals surface area contributed by atoms with Gasteiger partial charge < -0.3 is 4.42 Å². The Morgan fingerprint density at radius 3 is 2.17 bits per heavy atom. The van der Waals surface area contributed by atoms with Crippen molar-refractivity contribution in [3.63, 3.8) is 0 Å². The second-order valence-electron chi connectivity index (χ2n) is 6.34. The first-order valence-corrected chi connectivity index (χ1v) is 9.24. The summed E-state index contributed by atoms with van der Waals surface area (Å²) in [6.45, 7) is 0. The van der Waals surface area contributed by atoms with Gasteiger partial charge in [-0.05, 0) is 35.2 Å². The van der Waals surface area contributed by atoms with E-state index in [1.807, 2.05) is 30.3 Å². The van der Waals surface area contributed by atoms with Crippen LogP contribution >= 0.6 is 0 Å². The molecule has 2 heterocycles. The maximum absolute atomic E-state index is 12.4. The number of aryl methyl sites for hydroxylation is 1. The SMILES string of the molecule is O=C(CCc1ccc(-c2ccccc2)cc1)c1ncc(-c2cccnc2)o1.O=C=O. The molecule has 0 saturated carbocycles. The monoisotopic (exact) mass is 398 g/mol. The lowest BCUT2D eigenvalue weighted by Gasteiger charge is -2.04. The third-order valence-electron chi connectivity index (χ3n) is 4.39. The molecule has 2 aromatic heterocycles. The summed E-state index contributed by atoms with van der Waals surface area (Å²) in [5.41, 5.74) is 4.27. The van der Waals surface area contributed by atoms with Crippen molar-refractivity contribution in [2.45, 2.75) is 12.8 Å². The topological polar surface area (TPSA) is 90.1 Å². The summed E-state index contributed by atoms with van der Waals surface area (Å²) in [4.78, 5) is 36.8. The van der Waals surface area contributed by atoms with Gasteiger partial charge in [0.25, 0.3) is 5.89 Å². The van der Waals surface area contributed by atoms with Crippen molar-refractivity contribution < 1.29 is 18.8 Å². The number of ketones is 1. The van der Waals surface area contributed by atoms with Gasteiger partial charge in [0.2, 0.25) is 5.78 Å². The van der Waals surface area contributed by atoms with E-state index >= 15 is 0 Å². The van der Waals surface area contributed by atoms with Gasteiger partial charge in [-0.3, -0.25) is 9.78 Å². The maximum Gasteiger partial charge on any atom is 0.373 e. The number of carbonyl (C=O) groups is 1. The van der Waals surface area contributed by atoms with Crippen LogP contribution in [0.15, 0.2) is 89.7 Å². The second-order valence-corrected chi connectivity index (χ2v) is 6.34. The number of pyridine rings is 1. The van der Waals surface area contributed by atoms with Crippen LogP contribution in [0.25, 0.3) is 22.5 Å². The molecular weight excluding hydrogens is 380 g/mol. The number of benzene rings is 2. The molecule has 0 bridgehead atoms. The number of Topliss-reactive ketones (excluding diaryl/α,β-unsaturated/α-hetero) is 1. The van der Waals surface area contributed by atoms with Crippen LogP contribution in [0.1, 0.15) is 22.7 Å². The van der Waals surface area contributed by atoms with E-state index in [1.54, 1.807) is 18.6 Å². The number of oxazole rings is 1. The predicted octanol–water partition coefficient (Wildman–Crippen LogP) is 4.64. The van der Waals surface area contributed by atoms with Crippen LogP contribution < -0.4 is 0 Å². The molecule has 0 aliphatic rings. The van der Waals surface area contributed by atoms with Gasteiger partial charge in [-0.25, -0.2) is 4.98 Å². The van der Waals surface area contributed by atoms with E-state index in [4.69, 9.17) is 14.0 Å². The average Bonchev–Trinajstić information content (AvgIpc) is 3.30. The van der Waals surface area contributed by atoms with Crippen LogP contribution in [0.3, 0.4) is 0 Å². The number of aromatic nitrogens is 2. The van der Waals surface area contributed by atoms with E-state index in [1.165, 1.54) is 11.1 Å².